The van der Waals surface area contributed by atoms with Gasteiger partial charge in [-0.25, -0.2) is 0 Å². The third-order valence-electron chi connectivity index (χ3n) is 5.93. The van der Waals surface area contributed by atoms with E-state index in [0.29, 0.717) is 19.4 Å². The van der Waals surface area contributed by atoms with Gasteiger partial charge in [0.05, 0.1) is 25.6 Å². The van der Waals surface area contributed by atoms with Crippen molar-refractivity contribution in [3.8, 4) is 0 Å². The van der Waals surface area contributed by atoms with Crippen LogP contribution < -0.4 is 0 Å². The minimum Gasteiger partial charge on any atom is -0.481 e. The highest BCUT2D eigenvalue weighted by Gasteiger charge is 2.29. The molecule has 1 aliphatic rings. The monoisotopic (exact) mass is 448 g/mol. The van der Waals surface area contributed by atoms with E-state index in [4.69, 9.17) is 9.84 Å². The Morgan fingerprint density at radius 1 is 1.19 bits per heavy atom. The van der Waals surface area contributed by atoms with Gasteiger partial charge in [-0.05, 0) is 43.6 Å². The molecule has 0 aromatic heterocycles. The third kappa shape index (κ3) is 10.9. The highest BCUT2D eigenvalue weighted by atomic mass is 16.5. The molecule has 0 saturated carbocycles. The van der Waals surface area contributed by atoms with Crippen LogP contribution in [0, 0.1) is 17.3 Å². The Balaban J connectivity index is 2.33. The van der Waals surface area contributed by atoms with E-state index in [2.05, 4.69) is 20.8 Å². The fourth-order valence-corrected chi connectivity index (χ4v) is 3.59. The molecule has 3 atom stereocenters. The highest BCUT2D eigenvalue weighted by molar-refractivity contribution is 5.95. The Labute approximate surface area is 192 Å². The minimum atomic E-state index is -1.01. The molecule has 0 unspecified atom stereocenters. The van der Waals surface area contributed by atoms with Crippen molar-refractivity contribution in [3.05, 3.63) is 36.5 Å². The Kier molecular flexibility index (Phi) is 12.8. The first-order chi connectivity index (χ1) is 15.2. The number of hydrogen-bond donors (Lipinski definition) is 2. The van der Waals surface area contributed by atoms with E-state index < -0.39 is 18.0 Å². The molecule has 0 amide bonds. The van der Waals surface area contributed by atoms with E-state index in [1.165, 1.54) is 0 Å². The second-order valence-electron chi connectivity index (χ2n) is 9.18. The predicted octanol–water partition coefficient (Wildman–Crippen LogP) is 5.02. The lowest BCUT2D eigenvalue weighted by atomic mass is 9.80. The largest absolute Gasteiger partial charge is 0.481 e. The Morgan fingerprint density at radius 3 is 2.62 bits per heavy atom. The summed E-state index contributed by atoms with van der Waals surface area (Å²) in [5.74, 6) is -1.48. The van der Waals surface area contributed by atoms with Gasteiger partial charge in [0.2, 0.25) is 0 Å². The summed E-state index contributed by atoms with van der Waals surface area (Å²) in [6.45, 7) is 6.58. The first kappa shape index (κ1) is 27.8. The first-order valence-corrected chi connectivity index (χ1v) is 11.8. The molecule has 180 valence electrons. The molecule has 1 aliphatic carbocycles. The molecule has 6 nitrogen and oxygen atoms in total. The van der Waals surface area contributed by atoms with Crippen LogP contribution in [0.15, 0.2) is 36.5 Å². The number of carboxylic acids is 1. The quantitative estimate of drug-likeness (QED) is 0.195. The fourth-order valence-electron chi connectivity index (χ4n) is 3.59. The molecule has 32 heavy (non-hydrogen) atoms. The molecular formula is C26H40O6. The van der Waals surface area contributed by atoms with Gasteiger partial charge in [-0.3, -0.25) is 14.4 Å². The van der Waals surface area contributed by atoms with Crippen LogP contribution in [-0.4, -0.2) is 40.6 Å². The van der Waals surface area contributed by atoms with Crippen molar-refractivity contribution in [1.82, 2.24) is 0 Å². The maximum absolute atomic E-state index is 12.2. The number of carbonyl (C=O) groups excluding carboxylic acids is 2. The van der Waals surface area contributed by atoms with Crippen molar-refractivity contribution < 1.29 is 29.3 Å². The number of ether oxygens (including phenoxy) is 1. The lowest BCUT2D eigenvalue weighted by molar-refractivity contribution is -0.147. The lowest BCUT2D eigenvalue weighted by Crippen LogP contribution is -2.27. The zero-order valence-corrected chi connectivity index (χ0v) is 19.8. The molecule has 0 heterocycles. The van der Waals surface area contributed by atoms with Crippen molar-refractivity contribution in [2.45, 2.75) is 84.7 Å². The number of aliphatic hydroxyl groups excluding tert-OH is 1. The van der Waals surface area contributed by atoms with E-state index >= 15 is 0 Å². The average Bonchev–Trinajstić information content (AvgIpc) is 3.10. The van der Waals surface area contributed by atoms with Gasteiger partial charge in [0.15, 0.2) is 5.78 Å². The first-order valence-electron chi connectivity index (χ1n) is 11.8. The van der Waals surface area contributed by atoms with Crippen LogP contribution in [0.5, 0.6) is 0 Å². The van der Waals surface area contributed by atoms with Crippen LogP contribution >= 0.6 is 0 Å². The van der Waals surface area contributed by atoms with Crippen molar-refractivity contribution in [1.29, 1.82) is 0 Å². The number of carbonyl (C=O) groups is 3. The number of ketones is 1. The summed E-state index contributed by atoms with van der Waals surface area (Å²) in [4.78, 5) is 34.0. The second-order valence-corrected chi connectivity index (χ2v) is 9.18. The third-order valence-corrected chi connectivity index (χ3v) is 5.93. The predicted molar refractivity (Wildman–Crippen MR) is 125 cm³/mol. The fraction of sp³-hybridized carbons (Fsp3) is 0.654. The smallest absolute Gasteiger partial charge is 0.306 e. The van der Waals surface area contributed by atoms with Gasteiger partial charge in [0.1, 0.15) is 0 Å². The number of rotatable bonds is 16. The van der Waals surface area contributed by atoms with Crippen LogP contribution in [-0.2, 0) is 19.1 Å². The highest BCUT2D eigenvalue weighted by Crippen LogP contribution is 2.31. The van der Waals surface area contributed by atoms with Gasteiger partial charge in [0, 0.05) is 11.8 Å². The van der Waals surface area contributed by atoms with E-state index in [1.54, 1.807) is 6.08 Å². The topological polar surface area (TPSA) is 101 Å². The van der Waals surface area contributed by atoms with Crippen LogP contribution in [0.3, 0.4) is 0 Å². The average molecular weight is 449 g/mol. The summed E-state index contributed by atoms with van der Waals surface area (Å²) >= 11 is 0. The molecule has 0 bridgehead atoms. The number of aliphatic hydroxyl groups is 1. The maximum atomic E-state index is 12.2. The zero-order chi connectivity index (χ0) is 24.0. The number of esters is 1. The summed E-state index contributed by atoms with van der Waals surface area (Å²) in [5.41, 5.74) is -0.182. The number of unbranched alkanes of at least 4 members (excludes halogenated alkanes) is 3. The van der Waals surface area contributed by atoms with E-state index in [0.717, 1.165) is 32.1 Å². The molecule has 0 radical (unpaired) electrons. The molecule has 2 N–H and O–H groups in total. The normalized spacial score (nSPS) is 19.8. The van der Waals surface area contributed by atoms with E-state index in [1.807, 2.05) is 30.4 Å². The molecule has 0 fully saturated rings. The molecule has 0 spiro atoms. The standard InChI is InChI=1S/C26H40O6/c1-4-5-18-26(2,3)23(28)15-13-20-12-14-22(27)21(20)11-9-7-6-8-10-19-32-25(31)17-16-24(29)30/h7,9,12-15,20-21,23,28H,4-6,8,10-11,16-19H2,1-3H3,(H,29,30)/b9-7-,15-13+/t20-,21-,23-/m1/s1. The van der Waals surface area contributed by atoms with E-state index in [-0.39, 0.29) is 35.9 Å². The Morgan fingerprint density at radius 2 is 1.94 bits per heavy atom. The number of allylic oxidation sites excluding steroid dienone is 5. The van der Waals surface area contributed by atoms with Crippen molar-refractivity contribution >= 4 is 17.7 Å². The van der Waals surface area contributed by atoms with Crippen molar-refractivity contribution in [2.24, 2.45) is 17.3 Å². The number of aliphatic carboxylic acids is 1. The van der Waals surface area contributed by atoms with Gasteiger partial charge < -0.3 is 14.9 Å². The molecular weight excluding hydrogens is 408 g/mol. The van der Waals surface area contributed by atoms with Crippen molar-refractivity contribution in [2.75, 3.05) is 6.61 Å². The molecule has 0 saturated heterocycles. The van der Waals surface area contributed by atoms with Gasteiger partial charge in [-0.2, -0.15) is 0 Å². The van der Waals surface area contributed by atoms with Crippen LogP contribution in [0.2, 0.25) is 0 Å². The molecule has 6 heteroatoms. The molecule has 0 aromatic rings. The molecule has 0 aliphatic heterocycles. The van der Waals surface area contributed by atoms with Crippen molar-refractivity contribution in [3.63, 3.8) is 0 Å². The summed E-state index contributed by atoms with van der Waals surface area (Å²) in [6, 6.07) is 0. The van der Waals surface area contributed by atoms with Gasteiger partial charge in [-0.1, -0.05) is 64.0 Å². The summed E-state index contributed by atoms with van der Waals surface area (Å²) in [7, 11) is 0. The molecule has 0 aromatic carbocycles. The van der Waals surface area contributed by atoms with Gasteiger partial charge in [-0.15, -0.1) is 0 Å². The number of carboxylic acid groups (broad SMARTS) is 1. The maximum Gasteiger partial charge on any atom is 0.306 e. The summed E-state index contributed by atoms with van der Waals surface area (Å²) < 4.78 is 4.99. The SMILES string of the molecule is CCCCC(C)(C)[C@H](O)/C=C/[C@H]1C=CC(=O)[C@@H]1C/C=C\CCCCOC(=O)CCC(=O)O. The van der Waals surface area contributed by atoms with Crippen LogP contribution in [0.1, 0.15) is 78.6 Å². The molecule has 1 rings (SSSR count). The second kappa shape index (κ2) is 14.8. The summed E-state index contributed by atoms with van der Waals surface area (Å²) in [5, 5.41) is 19.1. The van der Waals surface area contributed by atoms with Gasteiger partial charge in [0.25, 0.3) is 0 Å². The Hall–Kier alpha value is -2.21. The lowest BCUT2D eigenvalue weighted by Gasteiger charge is -2.28. The van der Waals surface area contributed by atoms with Crippen LogP contribution in [0.25, 0.3) is 0 Å². The van der Waals surface area contributed by atoms with E-state index in [9.17, 15) is 19.5 Å². The zero-order valence-electron chi connectivity index (χ0n) is 19.8. The number of hydrogen-bond acceptors (Lipinski definition) is 5. The van der Waals surface area contributed by atoms with Gasteiger partial charge >= 0.3 is 11.9 Å². The Bertz CT molecular complexity index is 688. The summed E-state index contributed by atoms with van der Waals surface area (Å²) in [6.07, 6.45) is 16.8. The minimum absolute atomic E-state index is 0.00832. The van der Waals surface area contributed by atoms with Crippen LogP contribution in [0.4, 0.5) is 0 Å².